The van der Waals surface area contributed by atoms with Crippen LogP contribution in [0, 0.1) is 10.8 Å². The number of aldehydes is 1. The number of rotatable bonds is 11. The second-order valence-corrected chi connectivity index (χ2v) is 11.5. The van der Waals surface area contributed by atoms with E-state index in [2.05, 4.69) is 20.8 Å². The summed E-state index contributed by atoms with van der Waals surface area (Å²) < 4.78 is 20.9. The van der Waals surface area contributed by atoms with E-state index < -0.39 is 35.7 Å². The van der Waals surface area contributed by atoms with E-state index in [1.54, 1.807) is 48.5 Å². The Hall–Kier alpha value is -3.56. The third-order valence-electron chi connectivity index (χ3n) is 6.43. The van der Waals surface area contributed by atoms with Crippen LogP contribution in [-0.4, -0.2) is 49.1 Å². The molecule has 234 valence electrons. The molecule has 9 nitrogen and oxygen atoms in total. The lowest BCUT2D eigenvalue weighted by Crippen LogP contribution is -2.51. The lowest BCUT2D eigenvalue weighted by Gasteiger charge is -2.33. The Kier molecular flexibility index (Phi) is 16.5. The average molecular weight is 588 g/mol. The van der Waals surface area contributed by atoms with E-state index >= 15 is 0 Å². The van der Waals surface area contributed by atoms with Crippen molar-refractivity contribution in [2.75, 3.05) is 7.11 Å². The van der Waals surface area contributed by atoms with Gasteiger partial charge in [-0.2, -0.15) is 0 Å². The van der Waals surface area contributed by atoms with Gasteiger partial charge in [0.15, 0.2) is 0 Å². The maximum Gasteiger partial charge on any atom is 0.351 e. The summed E-state index contributed by atoms with van der Waals surface area (Å²) in [6, 6.07) is 17.9. The molecule has 2 unspecified atom stereocenters. The first-order valence-corrected chi connectivity index (χ1v) is 13.9. The number of methoxy groups -OCH3 is 1. The van der Waals surface area contributed by atoms with Crippen LogP contribution in [0.3, 0.4) is 0 Å². The minimum atomic E-state index is -1.69. The third-order valence-corrected chi connectivity index (χ3v) is 6.43. The molecular formula is C33H49NO8. The van der Waals surface area contributed by atoms with Crippen molar-refractivity contribution in [3.8, 4) is 0 Å². The van der Waals surface area contributed by atoms with Gasteiger partial charge < -0.3 is 29.5 Å². The van der Waals surface area contributed by atoms with Crippen LogP contribution in [0.15, 0.2) is 60.7 Å². The van der Waals surface area contributed by atoms with E-state index in [-0.39, 0.29) is 24.0 Å². The zero-order chi connectivity index (χ0) is 32.6. The van der Waals surface area contributed by atoms with E-state index in [1.807, 2.05) is 39.8 Å². The molecule has 2 atom stereocenters. The highest BCUT2D eigenvalue weighted by molar-refractivity contribution is 5.89. The second-order valence-electron chi connectivity index (χ2n) is 11.5. The summed E-state index contributed by atoms with van der Waals surface area (Å²) in [5.74, 6) is -2.73. The van der Waals surface area contributed by atoms with E-state index in [4.69, 9.17) is 24.7 Å². The van der Waals surface area contributed by atoms with E-state index in [0.717, 1.165) is 17.4 Å². The van der Waals surface area contributed by atoms with E-state index in [0.29, 0.717) is 0 Å². The van der Waals surface area contributed by atoms with Crippen LogP contribution in [0.2, 0.25) is 0 Å². The number of hydrogen-bond acceptors (Lipinski definition) is 9. The fraction of sp³-hybridized carbons (Fsp3) is 0.515. The van der Waals surface area contributed by atoms with Gasteiger partial charge in [-0.25, -0.2) is 9.59 Å². The SMILES string of the molecule is CC.CC(C)(C)C(C)(C)C=O.COC(C(=O)OCc1ccccc1)C(OC(=O)C(C)(C)N)C(=O)OCc1ccccc1. The van der Waals surface area contributed by atoms with Crippen LogP contribution in [0.5, 0.6) is 0 Å². The third kappa shape index (κ3) is 13.4. The summed E-state index contributed by atoms with van der Waals surface area (Å²) >= 11 is 0. The first-order chi connectivity index (χ1) is 19.5. The summed E-state index contributed by atoms with van der Waals surface area (Å²) in [5.41, 5.74) is 5.71. The zero-order valence-corrected chi connectivity index (χ0v) is 26.8. The van der Waals surface area contributed by atoms with Crippen molar-refractivity contribution < 1.29 is 38.1 Å². The number of carbonyl (C=O) groups is 4. The molecule has 0 heterocycles. The first kappa shape index (κ1) is 38.4. The number of ether oxygens (including phenoxy) is 4. The van der Waals surface area contributed by atoms with Gasteiger partial charge in [-0.1, -0.05) is 109 Å². The fourth-order valence-corrected chi connectivity index (χ4v) is 2.64. The Morgan fingerprint density at radius 1 is 0.738 bits per heavy atom. The number of benzene rings is 2. The monoisotopic (exact) mass is 587 g/mol. The first-order valence-electron chi connectivity index (χ1n) is 13.9. The van der Waals surface area contributed by atoms with Gasteiger partial charge in [0, 0.05) is 12.5 Å². The summed E-state index contributed by atoms with van der Waals surface area (Å²) in [6.07, 6.45) is -2.20. The van der Waals surface area contributed by atoms with Gasteiger partial charge in [0.1, 0.15) is 25.0 Å². The summed E-state index contributed by atoms with van der Waals surface area (Å²) in [6.45, 7) is 16.8. The van der Waals surface area contributed by atoms with Crippen LogP contribution in [0.25, 0.3) is 0 Å². The number of esters is 3. The molecule has 0 radical (unpaired) electrons. The molecule has 0 saturated carbocycles. The van der Waals surface area contributed by atoms with Gasteiger partial charge in [0.2, 0.25) is 12.2 Å². The molecule has 2 aromatic carbocycles. The summed E-state index contributed by atoms with van der Waals surface area (Å²) in [4.78, 5) is 48.1. The number of carbonyl (C=O) groups excluding carboxylic acids is 4. The van der Waals surface area contributed by atoms with Gasteiger partial charge in [0.25, 0.3) is 0 Å². The fourth-order valence-electron chi connectivity index (χ4n) is 2.64. The van der Waals surface area contributed by atoms with Crippen molar-refractivity contribution in [1.29, 1.82) is 0 Å². The van der Waals surface area contributed by atoms with E-state index in [1.165, 1.54) is 21.0 Å². The Morgan fingerprint density at radius 3 is 1.40 bits per heavy atom. The van der Waals surface area contributed by atoms with Gasteiger partial charge in [0.05, 0.1) is 0 Å². The maximum absolute atomic E-state index is 12.7. The quantitative estimate of drug-likeness (QED) is 0.208. The molecule has 0 aliphatic carbocycles. The van der Waals surface area contributed by atoms with Gasteiger partial charge in [-0.3, -0.25) is 4.79 Å². The molecule has 0 amide bonds. The number of nitrogens with two attached hydrogens (primary N) is 1. The summed E-state index contributed by atoms with van der Waals surface area (Å²) in [7, 11) is 1.20. The Labute approximate surface area is 251 Å². The molecule has 2 N–H and O–H groups in total. The van der Waals surface area contributed by atoms with Crippen LogP contribution in [0.1, 0.15) is 73.4 Å². The lowest BCUT2D eigenvalue weighted by atomic mass is 9.70. The Bertz CT molecular complexity index is 1090. The summed E-state index contributed by atoms with van der Waals surface area (Å²) in [5, 5.41) is 0. The van der Waals surface area contributed by atoms with Crippen molar-refractivity contribution in [2.24, 2.45) is 16.6 Å². The molecule has 0 aliphatic rings. The van der Waals surface area contributed by atoms with Gasteiger partial charge in [-0.05, 0) is 30.4 Å². The molecular weight excluding hydrogens is 538 g/mol. The molecule has 0 spiro atoms. The normalized spacial score (nSPS) is 12.6. The Balaban J connectivity index is 0.00000130. The van der Waals surface area contributed by atoms with Crippen LogP contribution in [-0.2, 0) is 51.3 Å². The topological polar surface area (TPSA) is 131 Å². The number of hydrogen-bond donors (Lipinski definition) is 1. The van der Waals surface area contributed by atoms with Crippen molar-refractivity contribution in [3.05, 3.63) is 71.8 Å². The zero-order valence-electron chi connectivity index (χ0n) is 26.8. The largest absolute Gasteiger partial charge is 0.459 e. The standard InChI is InChI=1S/C23H27NO7.C8H16O.C2H6/c1-23(2,24)22(27)31-19(21(26)30-15-17-12-8-5-9-13-17)18(28-3)20(25)29-14-16-10-6-4-7-11-16;1-7(2,3)8(4,5)6-9;1-2/h4-13,18-19H,14-15,24H2,1-3H3;6H,1-5H3;1-2H3. The van der Waals surface area contributed by atoms with Crippen molar-refractivity contribution >= 4 is 24.2 Å². The van der Waals surface area contributed by atoms with E-state index in [9.17, 15) is 19.2 Å². The lowest BCUT2D eigenvalue weighted by molar-refractivity contribution is -0.189. The molecule has 2 rings (SSSR count). The van der Waals surface area contributed by atoms with Gasteiger partial charge >= 0.3 is 17.9 Å². The predicted octanol–water partition coefficient (Wildman–Crippen LogP) is 5.42. The average Bonchev–Trinajstić information content (AvgIpc) is 2.96. The molecule has 0 fully saturated rings. The molecule has 9 heteroatoms. The maximum atomic E-state index is 12.7. The molecule has 0 bridgehead atoms. The molecule has 0 aliphatic heterocycles. The second kappa shape index (κ2) is 18.1. The van der Waals surface area contributed by atoms with Crippen molar-refractivity contribution in [1.82, 2.24) is 0 Å². The highest BCUT2D eigenvalue weighted by Crippen LogP contribution is 2.35. The molecule has 42 heavy (non-hydrogen) atoms. The predicted molar refractivity (Wildman–Crippen MR) is 162 cm³/mol. The van der Waals surface area contributed by atoms with Crippen LogP contribution in [0.4, 0.5) is 0 Å². The van der Waals surface area contributed by atoms with Crippen LogP contribution >= 0.6 is 0 Å². The van der Waals surface area contributed by atoms with Gasteiger partial charge in [-0.15, -0.1) is 0 Å². The smallest absolute Gasteiger partial charge is 0.351 e. The van der Waals surface area contributed by atoms with Crippen molar-refractivity contribution in [3.63, 3.8) is 0 Å². The highest BCUT2D eigenvalue weighted by Gasteiger charge is 2.42. The molecule has 0 aromatic heterocycles. The minimum absolute atomic E-state index is 0.0400. The van der Waals surface area contributed by atoms with Crippen molar-refractivity contribution in [2.45, 2.75) is 93.3 Å². The minimum Gasteiger partial charge on any atom is -0.459 e. The molecule has 2 aromatic rings. The van der Waals surface area contributed by atoms with Crippen LogP contribution < -0.4 is 5.73 Å². The highest BCUT2D eigenvalue weighted by atomic mass is 16.6. The Morgan fingerprint density at radius 2 is 1.12 bits per heavy atom. The molecule has 0 saturated heterocycles.